The van der Waals surface area contributed by atoms with Crippen molar-refractivity contribution < 1.29 is 24.6 Å². The van der Waals surface area contributed by atoms with E-state index in [0.717, 1.165) is 41.7 Å². The van der Waals surface area contributed by atoms with Crippen LogP contribution in [-0.4, -0.2) is 46.6 Å². The maximum Gasteiger partial charge on any atom is 0.318 e. The zero-order valence-electron chi connectivity index (χ0n) is 13.8. The van der Waals surface area contributed by atoms with Crippen LogP contribution < -0.4 is 4.90 Å². The van der Waals surface area contributed by atoms with Crippen molar-refractivity contribution in [3.63, 3.8) is 0 Å². The molecule has 4 N–H and O–H groups in total. The van der Waals surface area contributed by atoms with E-state index in [1.54, 1.807) is 0 Å². The lowest BCUT2D eigenvalue weighted by Gasteiger charge is -2.35. The van der Waals surface area contributed by atoms with Crippen LogP contribution >= 0.6 is 0 Å². The molecule has 0 saturated carbocycles. The molecule has 1 aliphatic carbocycles. The molecule has 4 heterocycles. The number of carbonyl (C=O) groups is 1. The Morgan fingerprint density at radius 1 is 1.28 bits per heavy atom. The predicted octanol–water partition coefficient (Wildman–Crippen LogP) is 0.189. The van der Waals surface area contributed by atoms with Crippen LogP contribution in [0.15, 0.2) is 24.3 Å². The lowest BCUT2D eigenvalue weighted by Crippen LogP contribution is -3.10. The van der Waals surface area contributed by atoms with Crippen LogP contribution in [0.1, 0.15) is 30.1 Å². The molecule has 4 aliphatic rings. The number of carboxylic acid groups (broad SMARTS) is 1. The first-order valence-corrected chi connectivity index (χ1v) is 9.13. The molecule has 2 aromatic rings. The number of hydrogen-bond donors (Lipinski definition) is 4. The summed E-state index contributed by atoms with van der Waals surface area (Å²) in [4.78, 5) is 17.5. The first-order valence-electron chi connectivity index (χ1n) is 9.13. The van der Waals surface area contributed by atoms with Crippen LogP contribution in [0.4, 0.5) is 0 Å². The van der Waals surface area contributed by atoms with E-state index in [2.05, 4.69) is 11.1 Å². The van der Waals surface area contributed by atoms with Gasteiger partial charge in [-0.05, 0) is 6.07 Å². The summed E-state index contributed by atoms with van der Waals surface area (Å²) in [6, 6.07) is 8.17. The molecule has 6 rings (SSSR count). The molecule has 130 valence electrons. The lowest BCUT2D eigenvalue weighted by atomic mass is 9.69. The Balaban J connectivity index is 1.78. The maximum absolute atomic E-state index is 12.6. The van der Waals surface area contributed by atoms with Gasteiger partial charge in [0.15, 0.2) is 5.79 Å². The third-order valence-electron chi connectivity index (χ3n) is 7.41. The average Bonchev–Trinajstić information content (AvgIpc) is 3.19. The van der Waals surface area contributed by atoms with Crippen LogP contribution in [0, 0.1) is 11.8 Å². The van der Waals surface area contributed by atoms with Crippen molar-refractivity contribution in [2.45, 2.75) is 30.1 Å². The van der Waals surface area contributed by atoms with Crippen molar-refractivity contribution in [2.75, 3.05) is 19.7 Å². The fourth-order valence-electron chi connectivity index (χ4n) is 6.41. The number of carboxylic acids is 1. The molecule has 0 radical (unpaired) electrons. The van der Waals surface area contributed by atoms with Crippen LogP contribution in [0.3, 0.4) is 0 Å². The maximum atomic E-state index is 12.6. The zero-order valence-corrected chi connectivity index (χ0v) is 13.8. The number of aromatic amines is 1. The van der Waals surface area contributed by atoms with Crippen molar-refractivity contribution >= 4 is 16.9 Å². The quantitative estimate of drug-likeness (QED) is 0.596. The zero-order chi connectivity index (χ0) is 17.0. The summed E-state index contributed by atoms with van der Waals surface area (Å²) in [7, 11) is 0. The van der Waals surface area contributed by atoms with Crippen molar-refractivity contribution in [1.82, 2.24) is 4.98 Å². The van der Waals surface area contributed by atoms with Gasteiger partial charge in [-0.25, -0.2) is 0 Å². The van der Waals surface area contributed by atoms with Crippen LogP contribution in [-0.2, 0) is 14.9 Å². The molecule has 25 heavy (non-hydrogen) atoms. The Kier molecular flexibility index (Phi) is 2.43. The predicted molar refractivity (Wildman–Crippen MR) is 88.2 cm³/mol. The number of quaternary nitrogens is 1. The monoisotopic (exact) mass is 341 g/mol. The molecule has 6 nitrogen and oxygen atoms in total. The van der Waals surface area contributed by atoms with Gasteiger partial charge in [0.2, 0.25) is 0 Å². The molecule has 3 aliphatic heterocycles. The van der Waals surface area contributed by atoms with Crippen LogP contribution in [0.25, 0.3) is 10.9 Å². The molecular weight excluding hydrogens is 320 g/mol. The molecule has 1 aromatic carbocycles. The summed E-state index contributed by atoms with van der Waals surface area (Å²) >= 11 is 0. The van der Waals surface area contributed by atoms with Gasteiger partial charge in [0.25, 0.3) is 0 Å². The fourth-order valence-corrected chi connectivity index (χ4v) is 6.41. The van der Waals surface area contributed by atoms with E-state index in [1.807, 2.05) is 18.2 Å². The number of aliphatic hydroxyl groups is 1. The van der Waals surface area contributed by atoms with Gasteiger partial charge in [0, 0.05) is 40.9 Å². The smallest absolute Gasteiger partial charge is 0.318 e. The number of aliphatic carboxylic acids is 1. The molecule has 3 saturated heterocycles. The standard InChI is InChI=1S/C19H20N2O4/c22-17(23)18-9-25-19(24)11-5-7-21(8-6-13(18)19)15(11)14-10-3-1-2-4-12(10)20-16(14)18/h1-4,11,13,15,20,24H,5-9H2,(H,22,23)/p+1/t11?,13?,15?,18-,19?/m0/s1. The Morgan fingerprint density at radius 2 is 2.08 bits per heavy atom. The highest BCUT2D eigenvalue weighted by molar-refractivity contribution is 5.91. The van der Waals surface area contributed by atoms with Crippen molar-refractivity contribution in [3.05, 3.63) is 35.5 Å². The molecule has 5 unspecified atom stereocenters. The van der Waals surface area contributed by atoms with Crippen LogP contribution in [0.2, 0.25) is 0 Å². The van der Waals surface area contributed by atoms with E-state index in [1.165, 1.54) is 4.90 Å². The van der Waals surface area contributed by atoms with E-state index in [4.69, 9.17) is 4.74 Å². The minimum absolute atomic E-state index is 0.0435. The Morgan fingerprint density at radius 3 is 2.92 bits per heavy atom. The minimum atomic E-state index is -1.33. The van der Waals surface area contributed by atoms with Crippen molar-refractivity contribution in [1.29, 1.82) is 0 Å². The minimum Gasteiger partial charge on any atom is -0.480 e. The first kappa shape index (κ1) is 14.3. The van der Waals surface area contributed by atoms with Gasteiger partial charge < -0.3 is 24.8 Å². The topological polar surface area (TPSA) is 87.0 Å². The highest BCUT2D eigenvalue weighted by Gasteiger charge is 2.73. The molecule has 0 amide bonds. The summed E-state index contributed by atoms with van der Waals surface area (Å²) in [6.07, 6.45) is 1.56. The number of H-pyrrole nitrogens is 1. The summed E-state index contributed by atoms with van der Waals surface area (Å²) < 4.78 is 5.95. The lowest BCUT2D eigenvalue weighted by molar-refractivity contribution is -0.920. The van der Waals surface area contributed by atoms with Gasteiger partial charge in [-0.2, -0.15) is 0 Å². The number of nitrogens with one attached hydrogen (secondary N) is 2. The summed E-state index contributed by atoms with van der Waals surface area (Å²) in [5.74, 6) is -2.67. The van der Waals surface area contributed by atoms with Gasteiger partial charge in [-0.3, -0.25) is 4.79 Å². The molecule has 3 fully saturated rings. The summed E-state index contributed by atoms with van der Waals surface area (Å²) in [5.41, 5.74) is 1.68. The summed E-state index contributed by atoms with van der Waals surface area (Å²) in [5, 5.41) is 22.9. The van der Waals surface area contributed by atoms with Crippen LogP contribution in [0.5, 0.6) is 0 Å². The number of rotatable bonds is 1. The Labute approximate surface area is 144 Å². The van der Waals surface area contributed by atoms with Crippen molar-refractivity contribution in [2.24, 2.45) is 11.8 Å². The number of para-hydroxylation sites is 1. The van der Waals surface area contributed by atoms with E-state index < -0.39 is 23.1 Å². The van der Waals surface area contributed by atoms with E-state index in [9.17, 15) is 15.0 Å². The highest BCUT2D eigenvalue weighted by Crippen LogP contribution is 2.60. The van der Waals surface area contributed by atoms with E-state index in [0.29, 0.717) is 6.42 Å². The second kappa shape index (κ2) is 4.26. The Hall–Kier alpha value is -1.89. The SMILES string of the molecule is O=C(O)[C@@]12COC3(O)C4CC[NH+](CCC31)C4c1c2[nH]c2ccccc12. The average molecular weight is 341 g/mol. The second-order valence-corrected chi connectivity index (χ2v) is 8.15. The van der Waals surface area contributed by atoms with Gasteiger partial charge in [0.05, 0.1) is 25.6 Å². The molecule has 1 aromatic heterocycles. The second-order valence-electron chi connectivity index (χ2n) is 8.15. The molecule has 6 heteroatoms. The molecular formula is C19H21N2O4+. The molecule has 6 atom stereocenters. The largest absolute Gasteiger partial charge is 0.480 e. The number of ether oxygens (including phenoxy) is 1. The number of aromatic nitrogens is 1. The number of benzene rings is 1. The third kappa shape index (κ3) is 1.39. The Bertz CT molecular complexity index is 923. The number of hydrogen-bond acceptors (Lipinski definition) is 3. The molecule has 0 spiro atoms. The highest BCUT2D eigenvalue weighted by atomic mass is 16.6. The van der Waals surface area contributed by atoms with E-state index in [-0.39, 0.29) is 18.6 Å². The first-order chi connectivity index (χ1) is 12.1. The fraction of sp³-hybridized carbons (Fsp3) is 0.526. The number of fused-ring (bicyclic) bond motifs is 4. The van der Waals surface area contributed by atoms with Gasteiger partial charge in [0.1, 0.15) is 11.5 Å². The van der Waals surface area contributed by atoms with E-state index >= 15 is 0 Å². The summed E-state index contributed by atoms with van der Waals surface area (Å²) in [6.45, 7) is 1.94. The van der Waals surface area contributed by atoms with Gasteiger partial charge in [-0.1, -0.05) is 18.2 Å². The normalized spacial score (nSPS) is 43.9. The van der Waals surface area contributed by atoms with Gasteiger partial charge >= 0.3 is 5.97 Å². The van der Waals surface area contributed by atoms with Crippen molar-refractivity contribution in [3.8, 4) is 0 Å². The third-order valence-corrected chi connectivity index (χ3v) is 7.41. The molecule has 6 bridgehead atoms. The van der Waals surface area contributed by atoms with Gasteiger partial charge in [-0.15, -0.1) is 0 Å².